The lowest BCUT2D eigenvalue weighted by Gasteiger charge is -2.04. The number of carbonyl (C=O) groups is 1. The van der Waals surface area contributed by atoms with Gasteiger partial charge in [-0.1, -0.05) is 29.0 Å². The van der Waals surface area contributed by atoms with Crippen LogP contribution in [0, 0.1) is 0 Å². The van der Waals surface area contributed by atoms with E-state index >= 15 is 0 Å². The van der Waals surface area contributed by atoms with Gasteiger partial charge in [0.05, 0.1) is 17.3 Å². The van der Waals surface area contributed by atoms with Gasteiger partial charge in [0.15, 0.2) is 11.4 Å². The molecule has 0 unspecified atom stereocenters. The molecule has 0 saturated carbocycles. The minimum Gasteiger partial charge on any atom is -0.497 e. The van der Waals surface area contributed by atoms with Gasteiger partial charge in [-0.2, -0.15) is 4.99 Å². The van der Waals surface area contributed by atoms with E-state index in [9.17, 15) is 4.79 Å². The van der Waals surface area contributed by atoms with Gasteiger partial charge in [0.1, 0.15) is 11.5 Å². The van der Waals surface area contributed by atoms with E-state index in [0.29, 0.717) is 22.1 Å². The van der Waals surface area contributed by atoms with Crippen LogP contribution in [0.5, 0.6) is 11.5 Å². The number of amides is 1. The Morgan fingerprint density at radius 1 is 1.27 bits per heavy atom. The van der Waals surface area contributed by atoms with Crippen LogP contribution in [0.2, 0.25) is 5.02 Å². The first-order valence-electron chi connectivity index (χ1n) is 7.85. The van der Waals surface area contributed by atoms with Crippen LogP contribution in [0.4, 0.5) is 0 Å². The number of fused-ring (bicyclic) bond motifs is 1. The first-order valence-corrected chi connectivity index (χ1v) is 9.04. The number of ether oxygens (including phenoxy) is 2. The fourth-order valence-corrected chi connectivity index (χ4v) is 3.60. The molecule has 1 heterocycles. The molecule has 2 aromatic carbocycles. The number of benzene rings is 2. The smallest absolute Gasteiger partial charge is 0.286 e. The average Bonchev–Trinajstić information content (AvgIpc) is 2.98. The second-order valence-electron chi connectivity index (χ2n) is 5.37. The summed E-state index contributed by atoms with van der Waals surface area (Å²) in [6.45, 7) is 4.18. The summed E-state index contributed by atoms with van der Waals surface area (Å²) in [7, 11) is 1.62. The SMILES string of the molecule is C=CCn1c(=NC(=O)COc2ccc(Cl)cc2)sc2cc(OC)ccc21. The number of hydrogen-bond donors (Lipinski definition) is 0. The van der Waals surface area contributed by atoms with Gasteiger partial charge in [0, 0.05) is 11.6 Å². The lowest BCUT2D eigenvalue weighted by atomic mass is 10.3. The zero-order valence-electron chi connectivity index (χ0n) is 14.1. The van der Waals surface area contributed by atoms with Crippen molar-refractivity contribution in [2.75, 3.05) is 13.7 Å². The number of carbonyl (C=O) groups excluding carboxylic acids is 1. The standard InChI is InChI=1S/C19H17ClN2O3S/c1-3-10-22-16-9-8-15(24-2)11-17(16)26-19(22)21-18(23)12-25-14-6-4-13(20)5-7-14/h3-9,11H,1,10,12H2,2H3. The predicted molar refractivity (Wildman–Crippen MR) is 104 cm³/mol. The van der Waals surface area contributed by atoms with Gasteiger partial charge in [0.2, 0.25) is 0 Å². The maximum Gasteiger partial charge on any atom is 0.286 e. The molecule has 1 amide bonds. The Morgan fingerprint density at radius 3 is 2.69 bits per heavy atom. The van der Waals surface area contributed by atoms with Crippen molar-refractivity contribution in [1.82, 2.24) is 4.57 Å². The summed E-state index contributed by atoms with van der Waals surface area (Å²) in [5.74, 6) is 0.961. The highest BCUT2D eigenvalue weighted by Gasteiger charge is 2.09. The largest absolute Gasteiger partial charge is 0.497 e. The number of hydrogen-bond acceptors (Lipinski definition) is 4. The third kappa shape index (κ3) is 4.15. The molecule has 0 spiro atoms. The van der Waals surface area contributed by atoms with Crippen LogP contribution < -0.4 is 14.3 Å². The summed E-state index contributed by atoms with van der Waals surface area (Å²) in [6.07, 6.45) is 1.77. The number of thiazole rings is 1. The fourth-order valence-electron chi connectivity index (χ4n) is 2.39. The van der Waals surface area contributed by atoms with E-state index in [-0.39, 0.29) is 12.5 Å². The Hall–Kier alpha value is -2.57. The second-order valence-corrected chi connectivity index (χ2v) is 6.81. The van der Waals surface area contributed by atoms with Crippen molar-refractivity contribution in [3.63, 3.8) is 0 Å². The second kappa shape index (κ2) is 8.21. The highest BCUT2D eigenvalue weighted by molar-refractivity contribution is 7.16. The minimum atomic E-state index is -0.365. The first-order chi connectivity index (χ1) is 12.6. The Bertz CT molecular complexity index is 1010. The number of halogens is 1. The molecule has 0 aliphatic rings. The Labute approximate surface area is 159 Å². The number of methoxy groups -OCH3 is 1. The van der Waals surface area contributed by atoms with Crippen molar-refractivity contribution in [2.24, 2.45) is 4.99 Å². The van der Waals surface area contributed by atoms with Crippen molar-refractivity contribution in [2.45, 2.75) is 6.54 Å². The molecule has 0 aliphatic carbocycles. The molecular weight excluding hydrogens is 372 g/mol. The van der Waals surface area contributed by atoms with Gasteiger partial charge in [0.25, 0.3) is 5.91 Å². The van der Waals surface area contributed by atoms with E-state index < -0.39 is 0 Å². The number of aromatic nitrogens is 1. The maximum absolute atomic E-state index is 12.2. The molecular formula is C19H17ClN2O3S. The number of rotatable bonds is 6. The molecule has 134 valence electrons. The highest BCUT2D eigenvalue weighted by Crippen LogP contribution is 2.23. The lowest BCUT2D eigenvalue weighted by Crippen LogP contribution is -2.19. The molecule has 0 radical (unpaired) electrons. The topological polar surface area (TPSA) is 52.8 Å². The van der Waals surface area contributed by atoms with Gasteiger partial charge in [-0.25, -0.2) is 0 Å². The predicted octanol–water partition coefficient (Wildman–Crippen LogP) is 4.06. The van der Waals surface area contributed by atoms with E-state index in [4.69, 9.17) is 21.1 Å². The molecule has 5 nitrogen and oxygen atoms in total. The maximum atomic E-state index is 12.2. The Balaban J connectivity index is 1.87. The quantitative estimate of drug-likeness (QED) is 0.598. The monoisotopic (exact) mass is 388 g/mol. The summed E-state index contributed by atoms with van der Waals surface area (Å²) in [4.78, 5) is 17.0. The molecule has 0 bridgehead atoms. The molecule has 1 aromatic heterocycles. The van der Waals surface area contributed by atoms with E-state index in [2.05, 4.69) is 11.6 Å². The summed E-state index contributed by atoms with van der Waals surface area (Å²) >= 11 is 7.25. The van der Waals surface area contributed by atoms with Gasteiger partial charge in [-0.3, -0.25) is 4.79 Å². The molecule has 0 N–H and O–H groups in total. The van der Waals surface area contributed by atoms with Crippen molar-refractivity contribution in [3.8, 4) is 11.5 Å². The van der Waals surface area contributed by atoms with Crippen LogP contribution in [0.1, 0.15) is 0 Å². The molecule has 0 aliphatic heterocycles. The molecule has 0 saturated heterocycles. The van der Waals surface area contributed by atoms with Gasteiger partial charge < -0.3 is 14.0 Å². The van der Waals surface area contributed by atoms with Crippen LogP contribution in [-0.4, -0.2) is 24.2 Å². The van der Waals surface area contributed by atoms with E-state index in [1.807, 2.05) is 22.8 Å². The summed E-state index contributed by atoms with van der Waals surface area (Å²) in [5.41, 5.74) is 0.973. The van der Waals surface area contributed by atoms with Gasteiger partial charge in [-0.05, 0) is 42.5 Å². The lowest BCUT2D eigenvalue weighted by molar-refractivity contribution is -0.120. The Kier molecular flexibility index (Phi) is 5.75. The van der Waals surface area contributed by atoms with Crippen LogP contribution in [0.25, 0.3) is 10.2 Å². The van der Waals surface area contributed by atoms with E-state index in [1.165, 1.54) is 11.3 Å². The van der Waals surface area contributed by atoms with Crippen molar-refractivity contribution < 1.29 is 14.3 Å². The molecule has 26 heavy (non-hydrogen) atoms. The Morgan fingerprint density at radius 2 is 2.00 bits per heavy atom. The zero-order chi connectivity index (χ0) is 18.5. The first kappa shape index (κ1) is 18.2. The van der Waals surface area contributed by atoms with Crippen molar-refractivity contribution >= 4 is 39.1 Å². The van der Waals surface area contributed by atoms with Crippen LogP contribution in [-0.2, 0) is 11.3 Å². The van der Waals surface area contributed by atoms with Gasteiger partial charge in [-0.15, -0.1) is 6.58 Å². The molecule has 3 rings (SSSR count). The van der Waals surface area contributed by atoms with Crippen molar-refractivity contribution in [1.29, 1.82) is 0 Å². The van der Waals surface area contributed by atoms with Crippen LogP contribution >= 0.6 is 22.9 Å². The summed E-state index contributed by atoms with van der Waals surface area (Å²) in [6, 6.07) is 12.6. The third-order valence-electron chi connectivity index (χ3n) is 3.60. The molecule has 7 heteroatoms. The third-order valence-corrected chi connectivity index (χ3v) is 4.89. The molecule has 3 aromatic rings. The summed E-state index contributed by atoms with van der Waals surface area (Å²) in [5, 5.41) is 0.611. The van der Waals surface area contributed by atoms with Crippen LogP contribution in [0.3, 0.4) is 0 Å². The minimum absolute atomic E-state index is 0.146. The van der Waals surface area contributed by atoms with Crippen LogP contribution in [0.15, 0.2) is 60.1 Å². The fraction of sp³-hybridized carbons (Fsp3) is 0.158. The average molecular weight is 389 g/mol. The number of allylic oxidation sites excluding steroid dienone is 1. The van der Waals surface area contributed by atoms with E-state index in [0.717, 1.165) is 16.0 Å². The molecule has 0 atom stereocenters. The highest BCUT2D eigenvalue weighted by atomic mass is 35.5. The zero-order valence-corrected chi connectivity index (χ0v) is 15.7. The van der Waals surface area contributed by atoms with Gasteiger partial charge >= 0.3 is 0 Å². The normalized spacial score (nSPS) is 11.5. The van der Waals surface area contributed by atoms with Crippen molar-refractivity contribution in [3.05, 3.63) is 64.9 Å². The molecule has 0 fully saturated rings. The van der Waals surface area contributed by atoms with E-state index in [1.54, 1.807) is 37.5 Å². The summed E-state index contributed by atoms with van der Waals surface area (Å²) < 4.78 is 13.6. The number of nitrogens with zero attached hydrogens (tertiary/aromatic N) is 2.